The van der Waals surface area contributed by atoms with E-state index >= 15 is 0 Å². The molecule has 234 valence electrons. The molecule has 0 atom stereocenters. The molecule has 0 unspecified atom stereocenters. The molecule has 0 N–H and O–H groups in total. The number of rotatable bonds is 5. The Balaban J connectivity index is 1.22. The molecule has 10 aromatic rings. The van der Waals surface area contributed by atoms with Crippen LogP contribution in [0.15, 0.2) is 188 Å². The smallest absolute Gasteiger partial charge is 0.0555 e. The third-order valence-electron chi connectivity index (χ3n) is 10.0. The average molecular weight is 654 g/mol. The predicted molar refractivity (Wildman–Crippen MR) is 217 cm³/mol. The second kappa shape index (κ2) is 11.7. The zero-order chi connectivity index (χ0) is 33.0. The van der Waals surface area contributed by atoms with Crippen molar-refractivity contribution < 1.29 is 0 Å². The number of thiophene rings is 1. The molecule has 1 heterocycles. The molecule has 50 heavy (non-hydrogen) atoms. The van der Waals surface area contributed by atoms with Gasteiger partial charge in [-0.3, -0.25) is 0 Å². The van der Waals surface area contributed by atoms with E-state index in [1.165, 1.54) is 80.4 Å². The fourth-order valence-electron chi connectivity index (χ4n) is 7.70. The molecule has 10 rings (SSSR count). The number of para-hydroxylation sites is 1. The minimum absolute atomic E-state index is 1.12. The van der Waals surface area contributed by atoms with E-state index in [9.17, 15) is 0 Å². The maximum atomic E-state index is 2.48. The van der Waals surface area contributed by atoms with Gasteiger partial charge in [-0.05, 0) is 97.5 Å². The van der Waals surface area contributed by atoms with E-state index in [1.54, 1.807) is 0 Å². The topological polar surface area (TPSA) is 3.24 Å². The summed E-state index contributed by atoms with van der Waals surface area (Å²) in [7, 11) is 0. The first-order chi connectivity index (χ1) is 24.8. The number of nitrogens with zero attached hydrogens (tertiary/aromatic N) is 1. The van der Waals surface area contributed by atoms with Crippen LogP contribution in [0.25, 0.3) is 74.7 Å². The van der Waals surface area contributed by atoms with Crippen LogP contribution in [0.3, 0.4) is 0 Å². The molecule has 0 bridgehead atoms. The van der Waals surface area contributed by atoms with Crippen molar-refractivity contribution in [3.8, 4) is 22.3 Å². The summed E-state index contributed by atoms with van der Waals surface area (Å²) in [6.45, 7) is 0. The minimum Gasteiger partial charge on any atom is -0.309 e. The molecule has 0 saturated heterocycles. The van der Waals surface area contributed by atoms with Crippen molar-refractivity contribution in [1.29, 1.82) is 0 Å². The van der Waals surface area contributed by atoms with Crippen LogP contribution in [-0.4, -0.2) is 0 Å². The van der Waals surface area contributed by atoms with Gasteiger partial charge < -0.3 is 4.90 Å². The molecule has 0 spiro atoms. The Labute approximate surface area is 294 Å². The molecule has 0 radical (unpaired) electrons. The Kier molecular flexibility index (Phi) is 6.75. The Morgan fingerprint density at radius 2 is 0.960 bits per heavy atom. The average Bonchev–Trinajstić information content (AvgIpc) is 3.58. The second-order valence-electron chi connectivity index (χ2n) is 12.9. The van der Waals surface area contributed by atoms with Crippen molar-refractivity contribution in [2.45, 2.75) is 0 Å². The molecule has 0 saturated carbocycles. The van der Waals surface area contributed by atoms with Crippen molar-refractivity contribution in [1.82, 2.24) is 0 Å². The van der Waals surface area contributed by atoms with Crippen LogP contribution in [-0.2, 0) is 0 Å². The molecule has 0 aliphatic carbocycles. The van der Waals surface area contributed by atoms with Gasteiger partial charge in [-0.1, -0.05) is 140 Å². The van der Waals surface area contributed by atoms with Crippen LogP contribution >= 0.6 is 11.3 Å². The van der Waals surface area contributed by atoms with Gasteiger partial charge in [0.15, 0.2) is 0 Å². The summed E-state index contributed by atoms with van der Waals surface area (Å²) < 4.78 is 2.59. The molecule has 0 fully saturated rings. The van der Waals surface area contributed by atoms with Crippen molar-refractivity contribution in [2.24, 2.45) is 0 Å². The quantitative estimate of drug-likeness (QED) is 0.167. The van der Waals surface area contributed by atoms with Crippen LogP contribution in [0.1, 0.15) is 0 Å². The first-order valence-corrected chi connectivity index (χ1v) is 17.9. The largest absolute Gasteiger partial charge is 0.309 e. The molecular formula is C48H31NS. The maximum absolute atomic E-state index is 2.48. The van der Waals surface area contributed by atoms with Gasteiger partial charge >= 0.3 is 0 Å². The van der Waals surface area contributed by atoms with Gasteiger partial charge in [-0.25, -0.2) is 0 Å². The van der Waals surface area contributed by atoms with Crippen LogP contribution in [0.2, 0.25) is 0 Å². The minimum atomic E-state index is 1.12. The third kappa shape index (κ3) is 4.69. The van der Waals surface area contributed by atoms with Gasteiger partial charge in [0, 0.05) is 31.4 Å². The Hall–Kier alpha value is -6.22. The molecule has 0 aliphatic rings. The molecular weight excluding hydrogens is 623 g/mol. The van der Waals surface area contributed by atoms with E-state index in [0.29, 0.717) is 0 Å². The molecule has 2 heteroatoms. The van der Waals surface area contributed by atoms with Gasteiger partial charge in [0.25, 0.3) is 0 Å². The summed E-state index contributed by atoms with van der Waals surface area (Å²) in [5.41, 5.74) is 8.29. The fourth-order valence-corrected chi connectivity index (χ4v) is 8.82. The van der Waals surface area contributed by atoms with Gasteiger partial charge in [0.1, 0.15) is 0 Å². The lowest BCUT2D eigenvalue weighted by atomic mass is 9.92. The lowest BCUT2D eigenvalue weighted by molar-refractivity contribution is 1.30. The molecule has 1 aromatic heterocycles. The lowest BCUT2D eigenvalue weighted by Crippen LogP contribution is -2.11. The van der Waals surface area contributed by atoms with E-state index in [4.69, 9.17) is 0 Å². The SMILES string of the molecule is c1ccc(N(c2ccc(-c3ccc4ccccc4c3)cc2)c2cccc3sc4ccccc4c23)c(-c2cc3ccccc3c3ccccc23)c1. The van der Waals surface area contributed by atoms with Gasteiger partial charge in [0.2, 0.25) is 0 Å². The Morgan fingerprint density at radius 1 is 0.340 bits per heavy atom. The molecule has 9 aromatic carbocycles. The highest BCUT2D eigenvalue weighted by atomic mass is 32.1. The Morgan fingerprint density at radius 3 is 1.82 bits per heavy atom. The van der Waals surface area contributed by atoms with Gasteiger partial charge in [-0.15, -0.1) is 11.3 Å². The number of anilines is 3. The van der Waals surface area contributed by atoms with E-state index in [-0.39, 0.29) is 0 Å². The molecule has 1 nitrogen and oxygen atoms in total. The van der Waals surface area contributed by atoms with E-state index in [1.807, 2.05) is 11.3 Å². The fraction of sp³-hybridized carbons (Fsp3) is 0. The molecule has 0 amide bonds. The number of fused-ring (bicyclic) bond motifs is 7. The lowest BCUT2D eigenvalue weighted by Gasteiger charge is -2.29. The van der Waals surface area contributed by atoms with Crippen molar-refractivity contribution in [2.75, 3.05) is 4.90 Å². The maximum Gasteiger partial charge on any atom is 0.0555 e. The highest BCUT2D eigenvalue weighted by molar-refractivity contribution is 7.26. The van der Waals surface area contributed by atoms with Crippen LogP contribution in [0, 0.1) is 0 Å². The van der Waals surface area contributed by atoms with E-state index < -0.39 is 0 Å². The summed E-state index contributed by atoms with van der Waals surface area (Å²) in [5, 5.41) is 10.1. The van der Waals surface area contributed by atoms with Crippen molar-refractivity contribution in [3.63, 3.8) is 0 Å². The van der Waals surface area contributed by atoms with Gasteiger partial charge in [-0.2, -0.15) is 0 Å². The number of hydrogen-bond acceptors (Lipinski definition) is 2. The van der Waals surface area contributed by atoms with Crippen LogP contribution in [0.5, 0.6) is 0 Å². The highest BCUT2D eigenvalue weighted by Crippen LogP contribution is 2.48. The summed E-state index contributed by atoms with van der Waals surface area (Å²) >= 11 is 1.86. The van der Waals surface area contributed by atoms with Crippen LogP contribution < -0.4 is 4.90 Å². The third-order valence-corrected chi connectivity index (χ3v) is 11.2. The van der Waals surface area contributed by atoms with Gasteiger partial charge in [0.05, 0.1) is 11.4 Å². The first kappa shape index (κ1) is 28.8. The number of hydrogen-bond donors (Lipinski definition) is 0. The van der Waals surface area contributed by atoms with Crippen LogP contribution in [0.4, 0.5) is 17.1 Å². The summed E-state index contributed by atoms with van der Waals surface area (Å²) in [6.07, 6.45) is 0. The second-order valence-corrected chi connectivity index (χ2v) is 14.0. The number of benzene rings is 9. The van der Waals surface area contributed by atoms with Crippen molar-refractivity contribution >= 4 is 80.9 Å². The monoisotopic (exact) mass is 653 g/mol. The highest BCUT2D eigenvalue weighted by Gasteiger charge is 2.22. The van der Waals surface area contributed by atoms with E-state index in [0.717, 1.165) is 11.4 Å². The first-order valence-electron chi connectivity index (χ1n) is 17.1. The zero-order valence-corrected chi connectivity index (χ0v) is 28.1. The predicted octanol–water partition coefficient (Wildman–Crippen LogP) is 14.3. The standard InChI is InChI=1S/C48H31NS/c1-2-13-34-30-35(25-24-32(34)12-1)33-26-28-37(29-27-33)49(45-21-11-23-47-48(45)42-19-8-10-22-46(42)50-47)44-20-9-7-18-41(44)43-31-36-14-3-4-15-38(36)39-16-5-6-17-40(39)43/h1-31H. The van der Waals surface area contributed by atoms with E-state index in [2.05, 4.69) is 193 Å². The molecule has 0 aliphatic heterocycles. The normalized spacial score (nSPS) is 11.6. The summed E-state index contributed by atoms with van der Waals surface area (Å²) in [5.74, 6) is 0. The summed E-state index contributed by atoms with van der Waals surface area (Å²) in [4.78, 5) is 2.48. The zero-order valence-electron chi connectivity index (χ0n) is 27.3. The van der Waals surface area contributed by atoms with Crippen molar-refractivity contribution in [3.05, 3.63) is 188 Å². The summed E-state index contributed by atoms with van der Waals surface area (Å²) in [6, 6.07) is 68.8. The Bertz CT molecular complexity index is 2880.